The molecule has 0 fully saturated rings. The fourth-order valence-corrected chi connectivity index (χ4v) is 2.27. The third-order valence-electron chi connectivity index (χ3n) is 3.57. The van der Waals surface area contributed by atoms with Crippen molar-refractivity contribution in [3.05, 3.63) is 41.9 Å². The summed E-state index contributed by atoms with van der Waals surface area (Å²) in [7, 11) is 0. The van der Waals surface area contributed by atoms with Crippen LogP contribution in [0.5, 0.6) is 0 Å². The van der Waals surface area contributed by atoms with Gasteiger partial charge >= 0.3 is 0 Å². The molecule has 0 saturated heterocycles. The summed E-state index contributed by atoms with van der Waals surface area (Å²) in [5.74, 6) is -0.103. The van der Waals surface area contributed by atoms with Gasteiger partial charge in [0.05, 0.1) is 28.8 Å². The molecule has 0 aliphatic carbocycles. The minimum atomic E-state index is -0.551. The van der Waals surface area contributed by atoms with Crippen LogP contribution in [0.15, 0.2) is 36.9 Å². The molecule has 1 aromatic heterocycles. The number of imidazole rings is 1. The zero-order valence-corrected chi connectivity index (χ0v) is 12.8. The van der Waals surface area contributed by atoms with E-state index in [0.717, 1.165) is 6.42 Å². The molecular formula is C15H19ClN4O. The zero-order valence-electron chi connectivity index (χ0n) is 12.1. The van der Waals surface area contributed by atoms with Gasteiger partial charge in [-0.1, -0.05) is 37.9 Å². The Morgan fingerprint density at radius 3 is 2.90 bits per heavy atom. The van der Waals surface area contributed by atoms with Crippen LogP contribution in [0.25, 0.3) is 5.69 Å². The Kier molecular flexibility index (Phi) is 4.98. The molecule has 2 rings (SSSR count). The fourth-order valence-electron chi connectivity index (χ4n) is 2.00. The highest BCUT2D eigenvalue weighted by atomic mass is 35.5. The van der Waals surface area contributed by atoms with E-state index in [1.165, 1.54) is 0 Å². The van der Waals surface area contributed by atoms with Crippen molar-refractivity contribution >= 4 is 23.2 Å². The minimum absolute atomic E-state index is 0.112. The van der Waals surface area contributed by atoms with Gasteiger partial charge in [-0.05, 0) is 18.1 Å². The van der Waals surface area contributed by atoms with Gasteiger partial charge in [0, 0.05) is 12.4 Å². The maximum atomic E-state index is 12.2. The third kappa shape index (κ3) is 3.43. The second-order valence-electron chi connectivity index (χ2n) is 5.01. The van der Waals surface area contributed by atoms with Crippen molar-refractivity contribution in [3.8, 4) is 5.69 Å². The molecule has 5 nitrogen and oxygen atoms in total. The summed E-state index contributed by atoms with van der Waals surface area (Å²) in [6.45, 7) is 3.97. The average Bonchev–Trinajstić information content (AvgIpc) is 2.99. The number of halogens is 1. The number of aromatic nitrogens is 2. The quantitative estimate of drug-likeness (QED) is 0.892. The van der Waals surface area contributed by atoms with E-state index < -0.39 is 6.04 Å². The fraction of sp³-hybridized carbons (Fsp3) is 0.333. The molecule has 0 spiro atoms. The molecule has 2 unspecified atom stereocenters. The molecule has 21 heavy (non-hydrogen) atoms. The molecule has 6 heteroatoms. The Hall–Kier alpha value is -1.85. The number of amides is 1. The lowest BCUT2D eigenvalue weighted by Crippen LogP contribution is -2.40. The summed E-state index contributed by atoms with van der Waals surface area (Å²) in [4.78, 5) is 16.2. The van der Waals surface area contributed by atoms with Crippen LogP contribution in [0.4, 0.5) is 5.69 Å². The van der Waals surface area contributed by atoms with E-state index in [2.05, 4.69) is 10.3 Å². The Labute approximate surface area is 129 Å². The van der Waals surface area contributed by atoms with Gasteiger partial charge in [-0.3, -0.25) is 4.79 Å². The van der Waals surface area contributed by atoms with Crippen LogP contribution in [-0.2, 0) is 4.79 Å². The van der Waals surface area contributed by atoms with Crippen molar-refractivity contribution in [1.82, 2.24) is 9.55 Å². The number of nitrogens with one attached hydrogen (secondary N) is 1. The zero-order chi connectivity index (χ0) is 15.4. The van der Waals surface area contributed by atoms with Crippen LogP contribution < -0.4 is 11.1 Å². The Morgan fingerprint density at radius 2 is 2.29 bits per heavy atom. The van der Waals surface area contributed by atoms with Crippen molar-refractivity contribution < 1.29 is 4.79 Å². The van der Waals surface area contributed by atoms with E-state index in [4.69, 9.17) is 17.3 Å². The third-order valence-corrected chi connectivity index (χ3v) is 3.87. The van der Waals surface area contributed by atoms with Gasteiger partial charge in [0.25, 0.3) is 0 Å². The van der Waals surface area contributed by atoms with Crippen LogP contribution in [0.2, 0.25) is 5.02 Å². The van der Waals surface area contributed by atoms with Crippen LogP contribution in [0.3, 0.4) is 0 Å². The lowest BCUT2D eigenvalue weighted by Gasteiger charge is -2.19. The number of hydrogen-bond donors (Lipinski definition) is 2. The monoisotopic (exact) mass is 306 g/mol. The normalized spacial score (nSPS) is 13.7. The number of para-hydroxylation sites is 1. The number of benzene rings is 1. The molecule has 2 atom stereocenters. The number of rotatable bonds is 5. The second kappa shape index (κ2) is 6.74. The summed E-state index contributed by atoms with van der Waals surface area (Å²) < 4.78 is 1.76. The number of carbonyl (C=O) groups excluding carboxylic acids is 1. The summed E-state index contributed by atoms with van der Waals surface area (Å²) in [6.07, 6.45) is 5.90. The van der Waals surface area contributed by atoms with E-state index >= 15 is 0 Å². The highest BCUT2D eigenvalue weighted by molar-refractivity contribution is 6.33. The molecular weight excluding hydrogens is 288 g/mol. The largest absolute Gasteiger partial charge is 0.323 e. The maximum Gasteiger partial charge on any atom is 0.241 e. The van der Waals surface area contributed by atoms with Crippen molar-refractivity contribution in [3.63, 3.8) is 0 Å². The van der Waals surface area contributed by atoms with Crippen LogP contribution >= 0.6 is 11.6 Å². The molecule has 0 aliphatic heterocycles. The Morgan fingerprint density at radius 1 is 1.52 bits per heavy atom. The first kappa shape index (κ1) is 15.5. The van der Waals surface area contributed by atoms with Crippen molar-refractivity contribution in [1.29, 1.82) is 0 Å². The predicted molar refractivity (Wildman–Crippen MR) is 84.6 cm³/mol. The van der Waals surface area contributed by atoms with Crippen molar-refractivity contribution in [2.45, 2.75) is 26.3 Å². The summed E-state index contributed by atoms with van der Waals surface area (Å²) in [5, 5.41) is 3.39. The molecule has 1 amide bonds. The summed E-state index contributed by atoms with van der Waals surface area (Å²) >= 11 is 6.24. The summed E-state index contributed by atoms with van der Waals surface area (Å²) in [6, 6.07) is 4.79. The van der Waals surface area contributed by atoms with E-state index in [1.807, 2.05) is 13.8 Å². The van der Waals surface area contributed by atoms with Crippen LogP contribution in [0, 0.1) is 5.92 Å². The van der Waals surface area contributed by atoms with Gasteiger partial charge in [-0.15, -0.1) is 0 Å². The lowest BCUT2D eigenvalue weighted by molar-refractivity contribution is -0.118. The van der Waals surface area contributed by atoms with E-state index in [1.54, 1.807) is 41.5 Å². The number of hydrogen-bond acceptors (Lipinski definition) is 3. The van der Waals surface area contributed by atoms with Crippen molar-refractivity contribution in [2.75, 3.05) is 5.32 Å². The number of nitrogens with two attached hydrogens (primary N) is 1. The maximum absolute atomic E-state index is 12.2. The second-order valence-corrected chi connectivity index (χ2v) is 5.41. The standard InChI is InChI=1S/C15H19ClN4O/c1-3-10(2)13(17)15(21)19-12-6-4-5-11(16)14(12)20-8-7-18-9-20/h4-10,13H,3,17H2,1-2H3,(H,19,21). The smallest absolute Gasteiger partial charge is 0.241 e. The van der Waals surface area contributed by atoms with Crippen molar-refractivity contribution in [2.24, 2.45) is 11.7 Å². The first-order chi connectivity index (χ1) is 10.0. The first-order valence-corrected chi connectivity index (χ1v) is 7.25. The van der Waals surface area contributed by atoms with E-state index in [9.17, 15) is 4.79 Å². The minimum Gasteiger partial charge on any atom is -0.323 e. The molecule has 112 valence electrons. The molecule has 0 aliphatic rings. The van der Waals surface area contributed by atoms with Gasteiger partial charge in [0.2, 0.25) is 5.91 Å². The Bertz CT molecular complexity index is 612. The highest BCUT2D eigenvalue weighted by Crippen LogP contribution is 2.28. The lowest BCUT2D eigenvalue weighted by atomic mass is 9.99. The van der Waals surface area contributed by atoms with E-state index in [0.29, 0.717) is 16.4 Å². The molecule has 1 heterocycles. The molecule has 3 N–H and O–H groups in total. The average molecular weight is 307 g/mol. The molecule has 0 bridgehead atoms. The topological polar surface area (TPSA) is 72.9 Å². The Balaban J connectivity index is 2.29. The van der Waals surface area contributed by atoms with Gasteiger partial charge in [-0.25, -0.2) is 4.98 Å². The van der Waals surface area contributed by atoms with Gasteiger partial charge in [0.15, 0.2) is 0 Å². The number of anilines is 1. The van der Waals surface area contributed by atoms with Gasteiger partial charge in [0.1, 0.15) is 0 Å². The predicted octanol–water partition coefficient (Wildman–Crippen LogP) is 2.84. The molecule has 1 aromatic carbocycles. The van der Waals surface area contributed by atoms with Gasteiger partial charge < -0.3 is 15.6 Å². The van der Waals surface area contributed by atoms with Crippen LogP contribution in [0.1, 0.15) is 20.3 Å². The number of nitrogens with zero attached hydrogens (tertiary/aromatic N) is 2. The summed E-state index contributed by atoms with van der Waals surface area (Å²) in [5.41, 5.74) is 7.26. The first-order valence-electron chi connectivity index (χ1n) is 6.87. The molecule has 0 saturated carbocycles. The highest BCUT2D eigenvalue weighted by Gasteiger charge is 2.21. The molecule has 2 aromatic rings. The SMILES string of the molecule is CCC(C)C(N)C(=O)Nc1cccc(Cl)c1-n1ccnc1. The van der Waals surface area contributed by atoms with E-state index in [-0.39, 0.29) is 11.8 Å². The van der Waals surface area contributed by atoms with Crippen LogP contribution in [-0.4, -0.2) is 21.5 Å². The van der Waals surface area contributed by atoms with Gasteiger partial charge in [-0.2, -0.15) is 0 Å². The molecule has 0 radical (unpaired) electrons. The number of carbonyl (C=O) groups is 1.